The molecule has 0 spiro atoms. The number of hydrogen-bond acceptors (Lipinski definition) is 3. The third-order valence-corrected chi connectivity index (χ3v) is 4.45. The molecular weight excluding hydrogens is 240 g/mol. The molecule has 2 aliphatic carbocycles. The van der Waals surface area contributed by atoms with Crippen LogP contribution < -0.4 is 4.74 Å². The predicted molar refractivity (Wildman–Crippen MR) is 73.3 cm³/mol. The van der Waals surface area contributed by atoms with Gasteiger partial charge in [-0.15, -0.1) is 0 Å². The van der Waals surface area contributed by atoms with Gasteiger partial charge in [-0.25, -0.2) is 0 Å². The fourth-order valence-electron chi connectivity index (χ4n) is 3.23. The summed E-state index contributed by atoms with van der Waals surface area (Å²) in [7, 11) is 0. The SMILES string of the molecule is O[C@H]1CCc2cc(OCC3(O)CCCCC3)ccc21. The van der Waals surface area contributed by atoms with E-state index < -0.39 is 5.60 Å². The Morgan fingerprint density at radius 1 is 1.21 bits per heavy atom. The van der Waals surface area contributed by atoms with Gasteiger partial charge in [0, 0.05) is 0 Å². The molecule has 0 unspecified atom stereocenters. The molecule has 0 bridgehead atoms. The zero-order valence-electron chi connectivity index (χ0n) is 11.3. The van der Waals surface area contributed by atoms with Crippen LogP contribution in [0.4, 0.5) is 0 Å². The van der Waals surface area contributed by atoms with E-state index in [9.17, 15) is 10.2 Å². The van der Waals surface area contributed by atoms with Crippen molar-refractivity contribution >= 4 is 0 Å². The monoisotopic (exact) mass is 262 g/mol. The maximum Gasteiger partial charge on any atom is 0.119 e. The molecule has 2 aliphatic rings. The number of fused-ring (bicyclic) bond motifs is 1. The molecule has 1 atom stereocenters. The number of aliphatic hydroxyl groups excluding tert-OH is 1. The lowest BCUT2D eigenvalue weighted by Gasteiger charge is -2.31. The van der Waals surface area contributed by atoms with Gasteiger partial charge in [-0.2, -0.15) is 0 Å². The van der Waals surface area contributed by atoms with E-state index in [-0.39, 0.29) is 6.10 Å². The van der Waals surface area contributed by atoms with Gasteiger partial charge in [0.2, 0.25) is 0 Å². The van der Waals surface area contributed by atoms with Gasteiger partial charge in [0.25, 0.3) is 0 Å². The van der Waals surface area contributed by atoms with Crippen LogP contribution in [0, 0.1) is 0 Å². The summed E-state index contributed by atoms with van der Waals surface area (Å²) < 4.78 is 5.78. The minimum Gasteiger partial charge on any atom is -0.491 e. The molecule has 0 aliphatic heterocycles. The number of aryl methyl sites for hydroxylation is 1. The molecule has 0 saturated heterocycles. The summed E-state index contributed by atoms with van der Waals surface area (Å²) in [5, 5.41) is 20.2. The van der Waals surface area contributed by atoms with Gasteiger partial charge < -0.3 is 14.9 Å². The van der Waals surface area contributed by atoms with Crippen molar-refractivity contribution in [2.75, 3.05) is 6.61 Å². The van der Waals surface area contributed by atoms with E-state index in [0.29, 0.717) is 6.61 Å². The van der Waals surface area contributed by atoms with Crippen molar-refractivity contribution in [1.29, 1.82) is 0 Å². The third kappa shape index (κ3) is 2.77. The van der Waals surface area contributed by atoms with Gasteiger partial charge in [0.05, 0.1) is 11.7 Å². The summed E-state index contributed by atoms with van der Waals surface area (Å²) >= 11 is 0. The molecule has 1 fully saturated rings. The Bertz CT molecular complexity index is 449. The second kappa shape index (κ2) is 5.14. The number of ether oxygens (including phenoxy) is 1. The van der Waals surface area contributed by atoms with Gasteiger partial charge in [0.1, 0.15) is 12.4 Å². The summed E-state index contributed by atoms with van der Waals surface area (Å²) in [5.41, 5.74) is 1.57. The third-order valence-electron chi connectivity index (χ3n) is 4.45. The van der Waals surface area contributed by atoms with Gasteiger partial charge in [0.15, 0.2) is 0 Å². The first kappa shape index (κ1) is 12.9. The van der Waals surface area contributed by atoms with Crippen LogP contribution in [-0.2, 0) is 6.42 Å². The van der Waals surface area contributed by atoms with Crippen LogP contribution in [0.2, 0.25) is 0 Å². The Kier molecular flexibility index (Phi) is 3.50. The highest BCUT2D eigenvalue weighted by molar-refractivity contribution is 5.39. The van der Waals surface area contributed by atoms with Crippen LogP contribution >= 0.6 is 0 Å². The van der Waals surface area contributed by atoms with Crippen LogP contribution in [0.25, 0.3) is 0 Å². The van der Waals surface area contributed by atoms with Crippen molar-refractivity contribution in [3.05, 3.63) is 29.3 Å². The first-order chi connectivity index (χ1) is 9.16. The molecule has 1 aromatic rings. The number of aliphatic hydroxyl groups is 2. The van der Waals surface area contributed by atoms with Gasteiger partial charge in [-0.1, -0.05) is 25.3 Å². The maximum atomic E-state index is 10.4. The lowest BCUT2D eigenvalue weighted by Crippen LogP contribution is -2.37. The highest BCUT2D eigenvalue weighted by Gasteiger charge is 2.30. The minimum atomic E-state index is -0.642. The topological polar surface area (TPSA) is 49.7 Å². The largest absolute Gasteiger partial charge is 0.491 e. The molecule has 1 aromatic carbocycles. The summed E-state index contributed by atoms with van der Waals surface area (Å²) in [6, 6.07) is 5.87. The molecule has 104 valence electrons. The number of hydrogen-bond donors (Lipinski definition) is 2. The lowest BCUT2D eigenvalue weighted by molar-refractivity contribution is -0.0339. The zero-order valence-corrected chi connectivity index (χ0v) is 11.3. The molecule has 2 N–H and O–H groups in total. The number of benzene rings is 1. The van der Waals surface area contributed by atoms with Crippen LogP contribution in [0.3, 0.4) is 0 Å². The van der Waals surface area contributed by atoms with Crippen molar-refractivity contribution < 1.29 is 14.9 Å². The highest BCUT2D eigenvalue weighted by atomic mass is 16.5. The molecule has 0 amide bonds. The van der Waals surface area contributed by atoms with Gasteiger partial charge >= 0.3 is 0 Å². The molecule has 3 rings (SSSR count). The van der Waals surface area contributed by atoms with Crippen molar-refractivity contribution in [3.8, 4) is 5.75 Å². The van der Waals surface area contributed by atoms with Crippen molar-refractivity contribution in [2.24, 2.45) is 0 Å². The van der Waals surface area contributed by atoms with Crippen LogP contribution in [0.5, 0.6) is 5.75 Å². The second-order valence-electron chi connectivity index (χ2n) is 5.99. The normalized spacial score (nSPS) is 25.1. The fraction of sp³-hybridized carbons (Fsp3) is 0.625. The van der Waals surface area contributed by atoms with E-state index in [4.69, 9.17) is 4.74 Å². The molecule has 3 nitrogen and oxygen atoms in total. The molecule has 19 heavy (non-hydrogen) atoms. The van der Waals surface area contributed by atoms with Gasteiger partial charge in [-0.05, 0) is 48.9 Å². The van der Waals surface area contributed by atoms with Crippen molar-refractivity contribution in [3.63, 3.8) is 0 Å². The van der Waals surface area contributed by atoms with E-state index in [2.05, 4.69) is 0 Å². The maximum absolute atomic E-state index is 10.4. The Labute approximate surface area is 114 Å². The molecule has 0 heterocycles. The van der Waals surface area contributed by atoms with Crippen molar-refractivity contribution in [1.82, 2.24) is 0 Å². The van der Waals surface area contributed by atoms with Crippen LogP contribution in [0.1, 0.15) is 55.8 Å². The second-order valence-corrected chi connectivity index (χ2v) is 5.99. The van der Waals surface area contributed by atoms with E-state index in [1.54, 1.807) is 0 Å². The van der Waals surface area contributed by atoms with E-state index in [1.165, 1.54) is 12.0 Å². The summed E-state index contributed by atoms with van der Waals surface area (Å²) in [6.07, 6.45) is 6.51. The fourth-order valence-corrected chi connectivity index (χ4v) is 3.23. The quantitative estimate of drug-likeness (QED) is 0.880. The Hall–Kier alpha value is -1.06. The molecule has 0 aromatic heterocycles. The highest BCUT2D eigenvalue weighted by Crippen LogP contribution is 2.34. The Morgan fingerprint density at radius 2 is 2.00 bits per heavy atom. The zero-order chi connectivity index (χ0) is 13.3. The molecule has 1 saturated carbocycles. The standard InChI is InChI=1S/C16H22O3/c17-15-7-4-12-10-13(5-6-14(12)15)19-11-16(18)8-2-1-3-9-16/h5-6,10,15,17-18H,1-4,7-9,11H2/t15-/m0/s1. The van der Waals surface area contributed by atoms with Crippen LogP contribution in [0.15, 0.2) is 18.2 Å². The predicted octanol–water partition coefficient (Wildman–Crippen LogP) is 2.74. The molecule has 0 radical (unpaired) electrons. The minimum absolute atomic E-state index is 0.313. The van der Waals surface area contributed by atoms with E-state index in [0.717, 1.165) is 49.8 Å². The summed E-state index contributed by atoms with van der Waals surface area (Å²) in [4.78, 5) is 0. The Morgan fingerprint density at radius 3 is 2.79 bits per heavy atom. The first-order valence-electron chi connectivity index (χ1n) is 7.32. The first-order valence-corrected chi connectivity index (χ1v) is 7.32. The summed E-state index contributed by atoms with van der Waals surface area (Å²) in [6.45, 7) is 0.383. The number of rotatable bonds is 3. The molecular formula is C16H22O3. The van der Waals surface area contributed by atoms with E-state index >= 15 is 0 Å². The smallest absolute Gasteiger partial charge is 0.119 e. The average Bonchev–Trinajstić information content (AvgIpc) is 2.79. The van der Waals surface area contributed by atoms with Crippen LogP contribution in [-0.4, -0.2) is 22.4 Å². The summed E-state index contributed by atoms with van der Waals surface area (Å²) in [5.74, 6) is 0.812. The van der Waals surface area contributed by atoms with Crippen molar-refractivity contribution in [2.45, 2.75) is 56.7 Å². The Balaban J connectivity index is 1.64. The van der Waals surface area contributed by atoms with Gasteiger partial charge in [-0.3, -0.25) is 0 Å². The van der Waals surface area contributed by atoms with E-state index in [1.807, 2.05) is 18.2 Å². The lowest BCUT2D eigenvalue weighted by atomic mass is 9.85. The average molecular weight is 262 g/mol. The molecule has 3 heteroatoms.